The Labute approximate surface area is 163 Å². The predicted octanol–water partition coefficient (Wildman–Crippen LogP) is 5.26. The Balaban J connectivity index is 2.03. The van der Waals surface area contributed by atoms with Gasteiger partial charge in [-0.15, -0.1) is 0 Å². The second-order valence-corrected chi connectivity index (χ2v) is 6.64. The van der Waals surface area contributed by atoms with Gasteiger partial charge in [-0.2, -0.15) is 0 Å². The quantitative estimate of drug-likeness (QED) is 0.293. The topological polar surface area (TPSA) is 92.5 Å². The van der Waals surface area contributed by atoms with E-state index in [1.54, 1.807) is 24.3 Å². The van der Waals surface area contributed by atoms with Crippen molar-refractivity contribution in [3.8, 4) is 44.9 Å². The minimum Gasteiger partial charge on any atom is -0.506 e. The molecular weight excluding hydrogens is 348 g/mol. The van der Waals surface area contributed by atoms with Crippen molar-refractivity contribution in [2.45, 2.75) is 0 Å². The maximum absolute atomic E-state index is 9.86. The van der Waals surface area contributed by atoms with Crippen LogP contribution in [0, 0.1) is 0 Å². The second kappa shape index (κ2) is 7.00. The van der Waals surface area contributed by atoms with E-state index in [0.717, 1.165) is 33.4 Å². The Morgan fingerprint density at radius 3 is 1.64 bits per heavy atom. The molecule has 0 aliphatic heterocycles. The number of nitrogens with two attached hydrogens (primary N) is 2. The fourth-order valence-electron chi connectivity index (χ4n) is 3.39. The first kappa shape index (κ1) is 17.5. The van der Waals surface area contributed by atoms with Crippen LogP contribution < -0.4 is 11.5 Å². The third kappa shape index (κ3) is 3.12. The molecule has 4 rings (SSSR count). The number of phenols is 2. The molecule has 0 fully saturated rings. The van der Waals surface area contributed by atoms with E-state index in [1.807, 2.05) is 42.5 Å². The van der Waals surface area contributed by atoms with E-state index in [-0.39, 0.29) is 11.5 Å². The normalized spacial score (nSPS) is 10.7. The Kier molecular flexibility index (Phi) is 4.38. The van der Waals surface area contributed by atoms with Crippen LogP contribution in [0.4, 0.5) is 11.4 Å². The summed E-state index contributed by atoms with van der Waals surface area (Å²) < 4.78 is 0. The summed E-state index contributed by atoms with van der Waals surface area (Å²) in [6.45, 7) is 0. The van der Waals surface area contributed by atoms with Crippen LogP contribution in [-0.2, 0) is 0 Å². The zero-order valence-corrected chi connectivity index (χ0v) is 15.1. The molecule has 0 aromatic heterocycles. The second-order valence-electron chi connectivity index (χ2n) is 6.64. The van der Waals surface area contributed by atoms with Gasteiger partial charge in [0.25, 0.3) is 0 Å². The van der Waals surface area contributed by atoms with Crippen molar-refractivity contribution >= 4 is 11.4 Å². The van der Waals surface area contributed by atoms with Crippen molar-refractivity contribution in [3.05, 3.63) is 84.9 Å². The fraction of sp³-hybridized carbons (Fsp3) is 0. The summed E-state index contributed by atoms with van der Waals surface area (Å²) in [5.74, 6) is 0.106. The molecule has 138 valence electrons. The minimum absolute atomic E-state index is 0.0522. The molecule has 0 saturated heterocycles. The lowest BCUT2D eigenvalue weighted by molar-refractivity contribution is 0.477. The van der Waals surface area contributed by atoms with E-state index in [2.05, 4.69) is 18.2 Å². The Hall–Kier alpha value is -3.92. The number of hydrogen-bond acceptors (Lipinski definition) is 4. The standard InChI is InChI=1S/C24H20N2O2/c25-20-13-16(9-11-22(20)27)19-8-4-7-18(15-5-2-1-3-6-15)24(19)17-10-12-23(28)21(26)14-17/h1-14,27-28H,25-26H2. The van der Waals surface area contributed by atoms with Gasteiger partial charge >= 0.3 is 0 Å². The van der Waals surface area contributed by atoms with E-state index in [9.17, 15) is 10.2 Å². The van der Waals surface area contributed by atoms with Crippen LogP contribution >= 0.6 is 0 Å². The molecule has 0 unspecified atom stereocenters. The molecule has 0 radical (unpaired) electrons. The third-order valence-corrected chi connectivity index (χ3v) is 4.80. The number of rotatable bonds is 3. The number of anilines is 2. The van der Waals surface area contributed by atoms with Crippen molar-refractivity contribution < 1.29 is 10.2 Å². The van der Waals surface area contributed by atoms with Gasteiger partial charge < -0.3 is 21.7 Å². The first-order chi connectivity index (χ1) is 13.5. The lowest BCUT2D eigenvalue weighted by Crippen LogP contribution is -1.93. The fourth-order valence-corrected chi connectivity index (χ4v) is 3.39. The molecule has 4 nitrogen and oxygen atoms in total. The first-order valence-electron chi connectivity index (χ1n) is 8.91. The summed E-state index contributed by atoms with van der Waals surface area (Å²) in [4.78, 5) is 0. The maximum atomic E-state index is 9.86. The molecule has 4 aromatic carbocycles. The molecular formula is C24H20N2O2. The molecule has 0 spiro atoms. The molecule has 6 N–H and O–H groups in total. The molecule has 4 aromatic rings. The summed E-state index contributed by atoms with van der Waals surface area (Å²) in [6, 6.07) is 26.5. The van der Waals surface area contributed by atoms with Gasteiger partial charge in [0.15, 0.2) is 0 Å². The van der Waals surface area contributed by atoms with E-state index >= 15 is 0 Å². The van der Waals surface area contributed by atoms with Crippen LogP contribution in [-0.4, -0.2) is 10.2 Å². The van der Waals surface area contributed by atoms with Gasteiger partial charge in [0.05, 0.1) is 11.4 Å². The smallest absolute Gasteiger partial charge is 0.138 e. The molecule has 0 saturated carbocycles. The molecule has 0 aliphatic carbocycles. The molecule has 28 heavy (non-hydrogen) atoms. The Bertz CT molecular complexity index is 1150. The van der Waals surface area contributed by atoms with E-state index < -0.39 is 0 Å². The van der Waals surface area contributed by atoms with E-state index in [0.29, 0.717) is 11.4 Å². The van der Waals surface area contributed by atoms with Crippen LogP contribution in [0.2, 0.25) is 0 Å². The van der Waals surface area contributed by atoms with Crippen molar-refractivity contribution in [3.63, 3.8) is 0 Å². The van der Waals surface area contributed by atoms with Gasteiger partial charge in [-0.05, 0) is 57.6 Å². The summed E-state index contributed by atoms with van der Waals surface area (Å²) >= 11 is 0. The minimum atomic E-state index is 0.0522. The number of benzene rings is 4. The summed E-state index contributed by atoms with van der Waals surface area (Å²) in [5.41, 5.74) is 18.4. The van der Waals surface area contributed by atoms with Crippen molar-refractivity contribution in [1.82, 2.24) is 0 Å². The van der Waals surface area contributed by atoms with Crippen LogP contribution in [0.25, 0.3) is 33.4 Å². The lowest BCUT2D eigenvalue weighted by atomic mass is 9.87. The Morgan fingerprint density at radius 1 is 0.500 bits per heavy atom. The highest BCUT2D eigenvalue weighted by atomic mass is 16.3. The summed E-state index contributed by atoms with van der Waals surface area (Å²) in [6.07, 6.45) is 0. The highest BCUT2D eigenvalue weighted by molar-refractivity contribution is 5.95. The van der Waals surface area contributed by atoms with Crippen LogP contribution in [0.3, 0.4) is 0 Å². The van der Waals surface area contributed by atoms with Crippen LogP contribution in [0.15, 0.2) is 84.9 Å². The van der Waals surface area contributed by atoms with E-state index in [4.69, 9.17) is 11.5 Å². The Morgan fingerprint density at radius 2 is 1.04 bits per heavy atom. The van der Waals surface area contributed by atoms with Gasteiger partial charge in [-0.25, -0.2) is 0 Å². The van der Waals surface area contributed by atoms with Gasteiger partial charge in [0.1, 0.15) is 11.5 Å². The number of phenolic OH excluding ortho intramolecular Hbond substituents is 2. The van der Waals surface area contributed by atoms with E-state index in [1.165, 1.54) is 0 Å². The number of aromatic hydroxyl groups is 2. The predicted molar refractivity (Wildman–Crippen MR) is 115 cm³/mol. The van der Waals surface area contributed by atoms with Crippen molar-refractivity contribution in [2.24, 2.45) is 0 Å². The van der Waals surface area contributed by atoms with Gasteiger partial charge in [0, 0.05) is 0 Å². The lowest BCUT2D eigenvalue weighted by Gasteiger charge is -2.17. The van der Waals surface area contributed by atoms with Gasteiger partial charge in [-0.3, -0.25) is 0 Å². The molecule has 4 heteroatoms. The molecule has 0 atom stereocenters. The average molecular weight is 368 g/mol. The zero-order valence-electron chi connectivity index (χ0n) is 15.1. The van der Waals surface area contributed by atoms with Crippen molar-refractivity contribution in [1.29, 1.82) is 0 Å². The van der Waals surface area contributed by atoms with Gasteiger partial charge in [-0.1, -0.05) is 60.7 Å². The number of nitrogen functional groups attached to an aromatic ring is 2. The molecule has 0 bridgehead atoms. The monoisotopic (exact) mass is 368 g/mol. The van der Waals surface area contributed by atoms with Crippen LogP contribution in [0.5, 0.6) is 11.5 Å². The van der Waals surface area contributed by atoms with Gasteiger partial charge in [0.2, 0.25) is 0 Å². The molecule has 0 aliphatic rings. The van der Waals surface area contributed by atoms with Crippen molar-refractivity contribution in [2.75, 3.05) is 11.5 Å². The largest absolute Gasteiger partial charge is 0.506 e. The molecule has 0 heterocycles. The third-order valence-electron chi connectivity index (χ3n) is 4.80. The maximum Gasteiger partial charge on any atom is 0.138 e. The highest BCUT2D eigenvalue weighted by Crippen LogP contribution is 2.42. The number of hydrogen-bond donors (Lipinski definition) is 4. The SMILES string of the molecule is Nc1cc(-c2cccc(-c3ccccc3)c2-c2ccc(O)c(N)c2)ccc1O. The average Bonchev–Trinajstić information content (AvgIpc) is 2.72. The van der Waals surface area contributed by atoms with Crippen LogP contribution in [0.1, 0.15) is 0 Å². The summed E-state index contributed by atoms with van der Waals surface area (Å²) in [7, 11) is 0. The molecule has 0 amide bonds. The first-order valence-corrected chi connectivity index (χ1v) is 8.91. The summed E-state index contributed by atoms with van der Waals surface area (Å²) in [5, 5.41) is 19.7. The zero-order chi connectivity index (χ0) is 19.7. The highest BCUT2D eigenvalue weighted by Gasteiger charge is 2.15.